The maximum absolute atomic E-state index is 13.2. The number of urea groups is 1. The van der Waals surface area contributed by atoms with E-state index in [9.17, 15) is 14.0 Å². The maximum atomic E-state index is 13.2. The lowest BCUT2D eigenvalue weighted by atomic mass is 10.0. The summed E-state index contributed by atoms with van der Waals surface area (Å²) in [5.74, 6) is -0.145. The molecule has 182 valence electrons. The van der Waals surface area contributed by atoms with Crippen molar-refractivity contribution in [3.63, 3.8) is 0 Å². The van der Waals surface area contributed by atoms with E-state index in [4.69, 9.17) is 0 Å². The Balaban J connectivity index is 1.47. The summed E-state index contributed by atoms with van der Waals surface area (Å²) in [5.41, 5.74) is 4.56. The van der Waals surface area contributed by atoms with Gasteiger partial charge in [-0.25, -0.2) is 9.18 Å². The van der Waals surface area contributed by atoms with E-state index in [1.54, 1.807) is 18.2 Å². The van der Waals surface area contributed by atoms with Crippen LogP contribution in [0.3, 0.4) is 0 Å². The number of hydrogen-bond donors (Lipinski definition) is 3. The quantitative estimate of drug-likeness (QED) is 0.386. The van der Waals surface area contributed by atoms with Gasteiger partial charge < -0.3 is 20.9 Å². The molecule has 0 saturated carbocycles. The first-order chi connectivity index (χ1) is 16.9. The summed E-state index contributed by atoms with van der Waals surface area (Å²) >= 11 is 0. The van der Waals surface area contributed by atoms with E-state index >= 15 is 0 Å². The Labute approximate surface area is 205 Å². The lowest BCUT2D eigenvalue weighted by Gasteiger charge is -2.22. The van der Waals surface area contributed by atoms with Gasteiger partial charge in [0.15, 0.2) is 0 Å². The second kappa shape index (κ2) is 11.0. The van der Waals surface area contributed by atoms with Crippen molar-refractivity contribution in [2.75, 3.05) is 28.6 Å². The molecule has 3 aromatic carbocycles. The third-order valence-electron chi connectivity index (χ3n) is 6.15. The number of hydrogen-bond acceptors (Lipinski definition) is 3. The van der Waals surface area contributed by atoms with E-state index in [2.05, 4.69) is 34.7 Å². The van der Waals surface area contributed by atoms with Crippen molar-refractivity contribution in [3.05, 3.63) is 89.2 Å². The van der Waals surface area contributed by atoms with Crippen LogP contribution in [-0.4, -0.2) is 25.0 Å². The Hall–Kier alpha value is -3.87. The van der Waals surface area contributed by atoms with Gasteiger partial charge >= 0.3 is 6.03 Å². The first kappa shape index (κ1) is 24.3. The number of rotatable bonds is 7. The Morgan fingerprint density at radius 2 is 1.51 bits per heavy atom. The van der Waals surface area contributed by atoms with Crippen LogP contribution >= 0.6 is 0 Å². The number of amides is 3. The smallest absolute Gasteiger partial charge is 0.323 e. The molecule has 1 aliphatic heterocycles. The fourth-order valence-corrected chi connectivity index (χ4v) is 4.15. The number of carbonyl (C=O) groups excluding carboxylic acids is 2. The fourth-order valence-electron chi connectivity index (χ4n) is 4.15. The highest BCUT2D eigenvalue weighted by molar-refractivity contribution is 6.04. The van der Waals surface area contributed by atoms with Crippen LogP contribution in [0.4, 0.5) is 26.2 Å². The summed E-state index contributed by atoms with van der Waals surface area (Å²) in [6, 6.07) is 18.8. The van der Waals surface area contributed by atoms with Gasteiger partial charge in [0.1, 0.15) is 5.82 Å². The molecule has 6 nitrogen and oxygen atoms in total. The van der Waals surface area contributed by atoms with Crippen molar-refractivity contribution in [2.24, 2.45) is 0 Å². The van der Waals surface area contributed by atoms with E-state index in [1.807, 2.05) is 36.4 Å². The molecule has 0 unspecified atom stereocenters. The molecule has 0 radical (unpaired) electrons. The summed E-state index contributed by atoms with van der Waals surface area (Å²) < 4.78 is 13.2. The minimum absolute atomic E-state index is 0.246. The van der Waals surface area contributed by atoms with Gasteiger partial charge in [-0.15, -0.1) is 0 Å². The fraction of sp³-hybridized carbons (Fsp3) is 0.286. The van der Waals surface area contributed by atoms with Crippen molar-refractivity contribution in [2.45, 2.75) is 39.2 Å². The molecule has 0 aromatic heterocycles. The van der Waals surface area contributed by atoms with Crippen molar-refractivity contribution in [1.29, 1.82) is 0 Å². The lowest BCUT2D eigenvalue weighted by molar-refractivity contribution is 0.0951. The van der Waals surface area contributed by atoms with Crippen LogP contribution in [0.5, 0.6) is 0 Å². The molecule has 7 heteroatoms. The molecule has 3 amide bonds. The zero-order valence-corrected chi connectivity index (χ0v) is 20.1. The molecule has 3 aromatic rings. The molecule has 1 saturated heterocycles. The first-order valence-corrected chi connectivity index (χ1v) is 12.0. The summed E-state index contributed by atoms with van der Waals surface area (Å²) in [6.07, 6.45) is 2.16. The molecule has 0 aliphatic carbocycles. The average molecular weight is 475 g/mol. The van der Waals surface area contributed by atoms with Crippen LogP contribution in [0.25, 0.3) is 0 Å². The molecule has 0 spiro atoms. The van der Waals surface area contributed by atoms with Gasteiger partial charge in [0.25, 0.3) is 5.91 Å². The van der Waals surface area contributed by atoms with Gasteiger partial charge in [-0.05, 0) is 72.4 Å². The molecule has 1 aliphatic rings. The van der Waals surface area contributed by atoms with Crippen LogP contribution in [0.15, 0.2) is 66.7 Å². The summed E-state index contributed by atoms with van der Waals surface area (Å²) in [7, 11) is 0. The highest BCUT2D eigenvalue weighted by Gasteiger charge is 2.20. The zero-order chi connectivity index (χ0) is 24.8. The third kappa shape index (κ3) is 6.38. The van der Waals surface area contributed by atoms with Crippen LogP contribution in [0.1, 0.15) is 54.1 Å². The Morgan fingerprint density at radius 1 is 0.886 bits per heavy atom. The van der Waals surface area contributed by atoms with Gasteiger partial charge in [-0.1, -0.05) is 38.1 Å². The average Bonchev–Trinajstić information content (AvgIpc) is 3.38. The molecule has 1 fully saturated rings. The maximum Gasteiger partial charge on any atom is 0.323 e. The Bertz CT molecular complexity index is 1170. The van der Waals surface area contributed by atoms with E-state index in [0.717, 1.165) is 37.2 Å². The number of nitrogens with zero attached hydrogens (tertiary/aromatic N) is 1. The standard InChI is InChI=1S/C28H31FN4O2/c1-19(2)21-7-11-23(12-8-21)31-28(35)32-24-13-14-26(33-15-3-4-16-33)25(17-24)27(34)30-18-20-5-9-22(29)10-6-20/h5-14,17,19H,3-4,15-16,18H2,1-2H3,(H,30,34)(H2,31,32,35). The number of anilines is 3. The van der Waals surface area contributed by atoms with Crippen molar-refractivity contribution in [1.82, 2.24) is 5.32 Å². The molecule has 35 heavy (non-hydrogen) atoms. The SMILES string of the molecule is CC(C)c1ccc(NC(=O)Nc2ccc(N3CCCC3)c(C(=O)NCc3ccc(F)cc3)c2)cc1. The van der Waals surface area contributed by atoms with Gasteiger partial charge in [0.05, 0.1) is 5.56 Å². The summed E-state index contributed by atoms with van der Waals surface area (Å²) in [4.78, 5) is 27.9. The third-order valence-corrected chi connectivity index (χ3v) is 6.15. The van der Waals surface area contributed by atoms with Gasteiger partial charge in [0.2, 0.25) is 0 Å². The largest absolute Gasteiger partial charge is 0.371 e. The highest BCUT2D eigenvalue weighted by Crippen LogP contribution is 2.28. The van der Waals surface area contributed by atoms with E-state index in [-0.39, 0.29) is 24.3 Å². The monoisotopic (exact) mass is 474 g/mol. The molecule has 1 heterocycles. The van der Waals surface area contributed by atoms with Gasteiger partial charge in [0, 0.05) is 36.7 Å². The number of halogens is 1. The van der Waals surface area contributed by atoms with E-state index < -0.39 is 0 Å². The second-order valence-electron chi connectivity index (χ2n) is 9.09. The minimum Gasteiger partial charge on any atom is -0.371 e. The topological polar surface area (TPSA) is 73.5 Å². The lowest BCUT2D eigenvalue weighted by Crippen LogP contribution is -2.27. The van der Waals surface area contributed by atoms with E-state index in [1.165, 1.54) is 17.7 Å². The second-order valence-corrected chi connectivity index (χ2v) is 9.09. The van der Waals surface area contributed by atoms with Crippen molar-refractivity contribution < 1.29 is 14.0 Å². The summed E-state index contributed by atoms with van der Waals surface area (Å²) in [6.45, 7) is 6.29. The highest BCUT2D eigenvalue weighted by atomic mass is 19.1. The molecule has 0 atom stereocenters. The van der Waals surface area contributed by atoms with Crippen LogP contribution in [-0.2, 0) is 6.54 Å². The molecule has 3 N–H and O–H groups in total. The van der Waals surface area contributed by atoms with Crippen LogP contribution in [0.2, 0.25) is 0 Å². The van der Waals surface area contributed by atoms with Gasteiger partial charge in [-0.2, -0.15) is 0 Å². The molecule has 0 bridgehead atoms. The van der Waals surface area contributed by atoms with Gasteiger partial charge in [-0.3, -0.25) is 4.79 Å². The van der Waals surface area contributed by atoms with Crippen molar-refractivity contribution >= 4 is 29.0 Å². The predicted molar refractivity (Wildman–Crippen MR) is 139 cm³/mol. The summed E-state index contributed by atoms with van der Waals surface area (Å²) in [5, 5.41) is 8.58. The molecule has 4 rings (SSSR count). The van der Waals surface area contributed by atoms with Crippen LogP contribution in [0, 0.1) is 5.82 Å². The zero-order valence-electron chi connectivity index (χ0n) is 20.1. The number of carbonyl (C=O) groups is 2. The van der Waals surface area contributed by atoms with Crippen molar-refractivity contribution in [3.8, 4) is 0 Å². The van der Waals surface area contributed by atoms with E-state index in [0.29, 0.717) is 22.9 Å². The van der Waals surface area contributed by atoms with Crippen LogP contribution < -0.4 is 20.9 Å². The molecular formula is C28H31FN4O2. The first-order valence-electron chi connectivity index (χ1n) is 12.0. The Kier molecular flexibility index (Phi) is 7.65. The molecular weight excluding hydrogens is 443 g/mol. The normalized spacial score (nSPS) is 13.1. The predicted octanol–water partition coefficient (Wildman–Crippen LogP) is 6.12. The number of nitrogens with one attached hydrogen (secondary N) is 3. The Morgan fingerprint density at radius 3 is 2.17 bits per heavy atom. The number of benzene rings is 3. The minimum atomic E-state index is -0.381.